The molecule has 0 saturated carbocycles. The van der Waals surface area contributed by atoms with Gasteiger partial charge in [0.15, 0.2) is 0 Å². The fraction of sp³-hybridized carbons (Fsp3) is 0.417. The molecule has 1 N–H and O–H groups in total. The lowest BCUT2D eigenvalue weighted by atomic mass is 9.88. The molecule has 1 saturated heterocycles. The fourth-order valence-electron chi connectivity index (χ4n) is 4.25. The number of benzene rings is 2. The van der Waals surface area contributed by atoms with Gasteiger partial charge in [0, 0.05) is 29.9 Å². The number of amides is 2. The summed E-state index contributed by atoms with van der Waals surface area (Å²) in [6, 6.07) is 9.41. The maximum absolute atomic E-state index is 15.2. The first-order chi connectivity index (χ1) is 15.3. The minimum Gasteiger partial charge on any atom is -0.493 e. The lowest BCUT2D eigenvalue weighted by Gasteiger charge is -2.36. The molecule has 2 aliphatic heterocycles. The normalized spacial score (nSPS) is 17.1. The first-order valence-corrected chi connectivity index (χ1v) is 11.2. The van der Waals surface area contributed by atoms with E-state index in [0.717, 1.165) is 11.3 Å². The van der Waals surface area contributed by atoms with Crippen LogP contribution in [0.2, 0.25) is 5.02 Å². The van der Waals surface area contributed by atoms with Crippen molar-refractivity contribution < 1.29 is 23.1 Å². The van der Waals surface area contributed by atoms with Crippen LogP contribution in [0.25, 0.3) is 0 Å². The summed E-state index contributed by atoms with van der Waals surface area (Å²) in [6.45, 7) is 1.09. The molecular weight excluding hydrogens is 438 g/mol. The van der Waals surface area contributed by atoms with Crippen molar-refractivity contribution in [3.05, 3.63) is 58.4 Å². The number of nitrogens with zero attached hydrogens (tertiary/aromatic N) is 1. The van der Waals surface area contributed by atoms with Crippen LogP contribution >= 0.6 is 11.6 Å². The first kappa shape index (κ1) is 22.5. The minimum atomic E-state index is -1.30. The van der Waals surface area contributed by atoms with E-state index in [-0.39, 0.29) is 29.7 Å². The number of alkyl halides is 1. The number of anilines is 1. The van der Waals surface area contributed by atoms with Gasteiger partial charge in [0.25, 0.3) is 5.91 Å². The molecule has 2 aliphatic rings. The Morgan fingerprint density at radius 1 is 1.19 bits per heavy atom. The molecular formula is C24H25ClF2N2O3. The van der Waals surface area contributed by atoms with Crippen LogP contribution in [0, 0.1) is 5.82 Å². The summed E-state index contributed by atoms with van der Waals surface area (Å²) < 4.78 is 34.4. The van der Waals surface area contributed by atoms with Crippen LogP contribution in [0.1, 0.15) is 48.0 Å². The van der Waals surface area contributed by atoms with Gasteiger partial charge in [0.2, 0.25) is 5.91 Å². The van der Waals surface area contributed by atoms with Crippen LogP contribution in [-0.4, -0.2) is 42.1 Å². The Kier molecular flexibility index (Phi) is 6.65. The standard InChI is InChI=1S/C24H25ClF2N2O3/c25-18-14-16(6-7-19(18)26)23(31)29-11-9-24(27,10-12-29)8-1-2-13-32-21-5-3-4-20-17(21)15-22(30)28-20/h3-7,14H,1-2,8-13,15H2,(H,28,30). The number of carbonyl (C=O) groups excluding carboxylic acids is 2. The molecule has 170 valence electrons. The van der Waals surface area contributed by atoms with Crippen molar-refractivity contribution in [1.29, 1.82) is 0 Å². The van der Waals surface area contributed by atoms with E-state index in [9.17, 15) is 14.0 Å². The minimum absolute atomic E-state index is 0.0391. The number of hydrogen-bond donors (Lipinski definition) is 1. The lowest BCUT2D eigenvalue weighted by Crippen LogP contribution is -2.44. The third-order valence-corrected chi connectivity index (χ3v) is 6.42. The third-order valence-electron chi connectivity index (χ3n) is 6.13. The predicted octanol–water partition coefficient (Wildman–Crippen LogP) is 5.17. The van der Waals surface area contributed by atoms with Crippen molar-refractivity contribution in [2.75, 3.05) is 25.0 Å². The van der Waals surface area contributed by atoms with Gasteiger partial charge in [0.1, 0.15) is 17.2 Å². The van der Waals surface area contributed by atoms with Crippen LogP contribution in [-0.2, 0) is 11.2 Å². The number of carbonyl (C=O) groups is 2. The second kappa shape index (κ2) is 9.45. The van der Waals surface area contributed by atoms with Gasteiger partial charge in [-0.3, -0.25) is 9.59 Å². The lowest BCUT2D eigenvalue weighted by molar-refractivity contribution is -0.115. The predicted molar refractivity (Wildman–Crippen MR) is 119 cm³/mol. The molecule has 8 heteroatoms. The molecule has 0 bridgehead atoms. The van der Waals surface area contributed by atoms with Crippen LogP contribution in [0.4, 0.5) is 14.5 Å². The number of rotatable bonds is 7. The van der Waals surface area contributed by atoms with E-state index in [0.29, 0.717) is 56.7 Å². The Balaban J connectivity index is 1.20. The molecule has 0 aliphatic carbocycles. The summed E-state index contributed by atoms with van der Waals surface area (Å²) in [7, 11) is 0. The zero-order valence-electron chi connectivity index (χ0n) is 17.6. The van der Waals surface area contributed by atoms with Gasteiger partial charge in [-0.15, -0.1) is 0 Å². The smallest absolute Gasteiger partial charge is 0.253 e. The summed E-state index contributed by atoms with van der Waals surface area (Å²) in [6.07, 6.45) is 2.65. The molecule has 2 aromatic rings. The van der Waals surface area contributed by atoms with Gasteiger partial charge < -0.3 is 15.0 Å². The second-order valence-corrected chi connectivity index (χ2v) is 8.79. The van der Waals surface area contributed by atoms with Crippen LogP contribution in [0.15, 0.2) is 36.4 Å². The largest absolute Gasteiger partial charge is 0.493 e. The Bertz CT molecular complexity index is 1020. The Labute approximate surface area is 190 Å². The van der Waals surface area contributed by atoms with E-state index in [4.69, 9.17) is 16.3 Å². The molecule has 1 fully saturated rings. The highest BCUT2D eigenvalue weighted by Crippen LogP contribution is 2.34. The number of fused-ring (bicyclic) bond motifs is 1. The quantitative estimate of drug-likeness (QED) is 0.578. The maximum atomic E-state index is 15.2. The number of halogens is 3. The van der Waals surface area contributed by atoms with Crippen molar-refractivity contribution in [3.63, 3.8) is 0 Å². The number of piperidine rings is 1. The Morgan fingerprint density at radius 3 is 2.72 bits per heavy atom. The first-order valence-electron chi connectivity index (χ1n) is 10.8. The highest BCUT2D eigenvalue weighted by Gasteiger charge is 2.35. The molecule has 5 nitrogen and oxygen atoms in total. The van der Waals surface area contributed by atoms with E-state index in [1.165, 1.54) is 18.2 Å². The topological polar surface area (TPSA) is 58.6 Å². The number of hydrogen-bond acceptors (Lipinski definition) is 3. The Morgan fingerprint density at radius 2 is 1.97 bits per heavy atom. The SMILES string of the molecule is O=C1Cc2c(cccc2OCCCCC2(F)CCN(C(=O)c3ccc(F)c(Cl)c3)CC2)N1. The number of nitrogens with one attached hydrogen (secondary N) is 1. The third kappa shape index (κ3) is 5.04. The van der Waals surface area contributed by atoms with E-state index < -0.39 is 11.5 Å². The van der Waals surface area contributed by atoms with Crippen molar-refractivity contribution in [3.8, 4) is 5.75 Å². The zero-order chi connectivity index (χ0) is 22.7. The Hall–Kier alpha value is -2.67. The van der Waals surface area contributed by atoms with E-state index in [2.05, 4.69) is 5.32 Å². The molecule has 0 aromatic heterocycles. The summed E-state index contributed by atoms with van der Waals surface area (Å²) in [5.41, 5.74) is 0.671. The maximum Gasteiger partial charge on any atom is 0.253 e. The van der Waals surface area contributed by atoms with Crippen molar-refractivity contribution in [2.24, 2.45) is 0 Å². The highest BCUT2D eigenvalue weighted by molar-refractivity contribution is 6.31. The average Bonchev–Trinajstić information content (AvgIpc) is 3.16. The molecule has 2 amide bonds. The monoisotopic (exact) mass is 462 g/mol. The number of likely N-dealkylation sites (tertiary alicyclic amines) is 1. The fourth-order valence-corrected chi connectivity index (χ4v) is 4.43. The van der Waals surface area contributed by atoms with Gasteiger partial charge in [-0.05, 0) is 62.4 Å². The molecule has 32 heavy (non-hydrogen) atoms. The highest BCUT2D eigenvalue weighted by atomic mass is 35.5. The second-order valence-electron chi connectivity index (χ2n) is 8.38. The molecule has 2 aromatic carbocycles. The van der Waals surface area contributed by atoms with Crippen molar-refractivity contribution >= 4 is 29.1 Å². The van der Waals surface area contributed by atoms with Crippen LogP contribution < -0.4 is 10.1 Å². The van der Waals surface area contributed by atoms with Crippen LogP contribution in [0.3, 0.4) is 0 Å². The average molecular weight is 463 g/mol. The van der Waals surface area contributed by atoms with Crippen molar-refractivity contribution in [2.45, 2.75) is 44.2 Å². The summed E-state index contributed by atoms with van der Waals surface area (Å²) >= 11 is 5.76. The summed E-state index contributed by atoms with van der Waals surface area (Å²) in [5, 5.41) is 2.70. The summed E-state index contributed by atoms with van der Waals surface area (Å²) in [5.74, 6) is -0.174. The van der Waals surface area contributed by atoms with E-state index >= 15 is 4.39 Å². The molecule has 0 unspecified atom stereocenters. The number of unbranched alkanes of at least 4 members (excludes halogenated alkanes) is 1. The van der Waals surface area contributed by atoms with E-state index in [1.807, 2.05) is 18.2 Å². The molecule has 2 heterocycles. The number of ether oxygens (including phenoxy) is 1. The molecule has 0 radical (unpaired) electrons. The molecule has 0 spiro atoms. The summed E-state index contributed by atoms with van der Waals surface area (Å²) in [4.78, 5) is 25.7. The van der Waals surface area contributed by atoms with Gasteiger partial charge in [-0.1, -0.05) is 17.7 Å². The van der Waals surface area contributed by atoms with Gasteiger partial charge in [-0.25, -0.2) is 8.78 Å². The van der Waals surface area contributed by atoms with Gasteiger partial charge in [-0.2, -0.15) is 0 Å². The zero-order valence-corrected chi connectivity index (χ0v) is 18.4. The van der Waals surface area contributed by atoms with Crippen LogP contribution in [0.5, 0.6) is 5.75 Å². The van der Waals surface area contributed by atoms with Crippen molar-refractivity contribution in [1.82, 2.24) is 4.90 Å². The van der Waals surface area contributed by atoms with Gasteiger partial charge in [0.05, 0.1) is 18.1 Å². The molecule has 4 rings (SSSR count). The van der Waals surface area contributed by atoms with Gasteiger partial charge >= 0.3 is 0 Å². The van der Waals surface area contributed by atoms with E-state index in [1.54, 1.807) is 4.90 Å². The molecule has 0 atom stereocenters.